The predicted molar refractivity (Wildman–Crippen MR) is 113 cm³/mol. The van der Waals surface area contributed by atoms with E-state index in [0.29, 0.717) is 37.7 Å². The van der Waals surface area contributed by atoms with Crippen LogP contribution in [0.2, 0.25) is 10.0 Å². The highest BCUT2D eigenvalue weighted by atomic mass is 35.5. The Kier molecular flexibility index (Phi) is 5.15. The molecule has 3 nitrogen and oxygen atoms in total. The number of furan rings is 1. The van der Waals surface area contributed by atoms with Gasteiger partial charge in [0.15, 0.2) is 0 Å². The quantitative estimate of drug-likeness (QED) is 0.316. The van der Waals surface area contributed by atoms with Gasteiger partial charge in [-0.25, -0.2) is 4.98 Å². The lowest BCUT2D eigenvalue weighted by molar-refractivity contribution is 0.572. The van der Waals surface area contributed by atoms with Gasteiger partial charge in [0.2, 0.25) is 0 Å². The van der Waals surface area contributed by atoms with Gasteiger partial charge < -0.3 is 4.42 Å². The standard InChI is InChI=1S/C20H10Cl2N2OS2/c21-13-3-5-16(22)15(9-13)18-6-4-14(25-18)8-12(10-23)20-24-17(11-27-20)19-2-1-7-26-19/h1-9,11H. The van der Waals surface area contributed by atoms with Gasteiger partial charge in [0.05, 0.1) is 21.2 Å². The van der Waals surface area contributed by atoms with E-state index in [1.807, 2.05) is 22.9 Å². The molecule has 0 radical (unpaired) electrons. The monoisotopic (exact) mass is 428 g/mol. The van der Waals surface area contributed by atoms with E-state index in [1.54, 1.807) is 47.7 Å². The Labute approximate surface area is 173 Å². The number of rotatable bonds is 4. The van der Waals surface area contributed by atoms with Crippen molar-refractivity contribution in [3.05, 3.63) is 74.0 Å². The maximum Gasteiger partial charge on any atom is 0.136 e. The Morgan fingerprint density at radius 1 is 1.15 bits per heavy atom. The zero-order valence-corrected chi connectivity index (χ0v) is 16.8. The van der Waals surface area contributed by atoms with Gasteiger partial charge >= 0.3 is 0 Å². The molecule has 7 heteroatoms. The van der Waals surface area contributed by atoms with E-state index in [2.05, 4.69) is 11.1 Å². The lowest BCUT2D eigenvalue weighted by Crippen LogP contribution is -1.81. The molecule has 0 saturated heterocycles. The lowest BCUT2D eigenvalue weighted by Gasteiger charge is -2.01. The third-order valence-corrected chi connectivity index (χ3v) is 6.07. The first-order valence-electron chi connectivity index (χ1n) is 7.81. The Morgan fingerprint density at radius 2 is 2.04 bits per heavy atom. The van der Waals surface area contributed by atoms with E-state index < -0.39 is 0 Å². The maximum absolute atomic E-state index is 9.56. The number of hydrogen-bond acceptors (Lipinski definition) is 5. The van der Waals surface area contributed by atoms with E-state index in [-0.39, 0.29) is 0 Å². The van der Waals surface area contributed by atoms with E-state index in [0.717, 1.165) is 10.6 Å². The first-order valence-corrected chi connectivity index (χ1v) is 10.3. The van der Waals surface area contributed by atoms with Crippen LogP contribution in [0.25, 0.3) is 33.5 Å². The summed E-state index contributed by atoms with van der Waals surface area (Å²) in [5, 5.41) is 15.3. The molecule has 3 aromatic heterocycles. The third kappa shape index (κ3) is 3.85. The van der Waals surface area contributed by atoms with E-state index in [4.69, 9.17) is 27.6 Å². The number of allylic oxidation sites excluding steroid dienone is 1. The number of benzene rings is 1. The van der Waals surface area contributed by atoms with Gasteiger partial charge in [-0.2, -0.15) is 5.26 Å². The Morgan fingerprint density at radius 3 is 2.81 bits per heavy atom. The molecular formula is C20H10Cl2N2OS2. The molecule has 0 saturated carbocycles. The van der Waals surface area contributed by atoms with Gasteiger partial charge in [-0.1, -0.05) is 29.3 Å². The largest absolute Gasteiger partial charge is 0.457 e. The van der Waals surface area contributed by atoms with Crippen LogP contribution in [0.1, 0.15) is 10.8 Å². The van der Waals surface area contributed by atoms with E-state index in [9.17, 15) is 5.26 Å². The van der Waals surface area contributed by atoms with Crippen LogP contribution in [0.15, 0.2) is 57.6 Å². The van der Waals surface area contributed by atoms with Gasteiger partial charge in [-0.05, 0) is 41.8 Å². The van der Waals surface area contributed by atoms with Gasteiger partial charge in [0.25, 0.3) is 0 Å². The van der Waals surface area contributed by atoms with Crippen molar-refractivity contribution in [2.75, 3.05) is 0 Å². The van der Waals surface area contributed by atoms with Crippen LogP contribution in [0.3, 0.4) is 0 Å². The van der Waals surface area contributed by atoms with Crippen LogP contribution < -0.4 is 0 Å². The Bertz CT molecular complexity index is 1170. The molecule has 0 atom stereocenters. The molecule has 0 spiro atoms. The van der Waals surface area contributed by atoms with Gasteiger partial charge in [-0.15, -0.1) is 22.7 Å². The summed E-state index contributed by atoms with van der Waals surface area (Å²) in [4.78, 5) is 5.64. The van der Waals surface area contributed by atoms with Crippen LogP contribution >= 0.6 is 45.9 Å². The van der Waals surface area contributed by atoms with Crippen molar-refractivity contribution < 1.29 is 4.42 Å². The topological polar surface area (TPSA) is 49.8 Å². The lowest BCUT2D eigenvalue weighted by atomic mass is 10.2. The van der Waals surface area contributed by atoms with Crippen LogP contribution in [0, 0.1) is 11.3 Å². The zero-order chi connectivity index (χ0) is 18.8. The highest BCUT2D eigenvalue weighted by Gasteiger charge is 2.12. The summed E-state index contributed by atoms with van der Waals surface area (Å²) in [6.07, 6.45) is 1.68. The summed E-state index contributed by atoms with van der Waals surface area (Å²) in [7, 11) is 0. The molecule has 4 aromatic rings. The van der Waals surface area contributed by atoms with Gasteiger partial charge in [0.1, 0.15) is 22.6 Å². The number of thiazole rings is 1. The summed E-state index contributed by atoms with van der Waals surface area (Å²) in [6.45, 7) is 0. The molecule has 0 aliphatic rings. The first-order chi connectivity index (χ1) is 13.1. The number of hydrogen-bond donors (Lipinski definition) is 0. The van der Waals surface area contributed by atoms with Crippen molar-refractivity contribution in [1.82, 2.24) is 4.98 Å². The zero-order valence-electron chi connectivity index (χ0n) is 13.6. The molecule has 0 aliphatic heterocycles. The molecule has 0 N–H and O–H groups in total. The molecule has 0 fully saturated rings. The summed E-state index contributed by atoms with van der Waals surface area (Å²) in [6, 6.07) is 15.0. The fraction of sp³-hybridized carbons (Fsp3) is 0. The van der Waals surface area contributed by atoms with E-state index >= 15 is 0 Å². The number of aromatic nitrogens is 1. The number of halogens is 2. The Hall–Kier alpha value is -2.36. The van der Waals surface area contributed by atoms with Crippen molar-refractivity contribution >= 4 is 57.5 Å². The van der Waals surface area contributed by atoms with Crippen LogP contribution in [-0.4, -0.2) is 4.98 Å². The molecule has 27 heavy (non-hydrogen) atoms. The van der Waals surface area contributed by atoms with Crippen molar-refractivity contribution in [1.29, 1.82) is 5.26 Å². The average Bonchev–Trinajstić information content (AvgIpc) is 3.42. The van der Waals surface area contributed by atoms with Crippen molar-refractivity contribution in [3.63, 3.8) is 0 Å². The van der Waals surface area contributed by atoms with E-state index in [1.165, 1.54) is 11.3 Å². The number of nitrogens with zero attached hydrogens (tertiary/aromatic N) is 2. The van der Waals surface area contributed by atoms with Crippen molar-refractivity contribution in [2.45, 2.75) is 0 Å². The molecule has 0 bridgehead atoms. The first kappa shape index (κ1) is 18.0. The smallest absolute Gasteiger partial charge is 0.136 e. The second-order valence-corrected chi connectivity index (χ2v) is 8.16. The summed E-state index contributed by atoms with van der Waals surface area (Å²) < 4.78 is 5.85. The molecule has 132 valence electrons. The van der Waals surface area contributed by atoms with Crippen LogP contribution in [0.4, 0.5) is 0 Å². The summed E-state index contributed by atoms with van der Waals surface area (Å²) in [5.41, 5.74) is 2.02. The molecule has 0 unspecified atom stereocenters. The van der Waals surface area contributed by atoms with Crippen LogP contribution in [0.5, 0.6) is 0 Å². The highest BCUT2D eigenvalue weighted by molar-refractivity contribution is 7.14. The van der Waals surface area contributed by atoms with Crippen LogP contribution in [-0.2, 0) is 0 Å². The molecule has 1 aromatic carbocycles. The second kappa shape index (κ2) is 7.71. The number of nitriles is 1. The minimum atomic E-state index is 0.445. The Balaban J connectivity index is 1.65. The fourth-order valence-electron chi connectivity index (χ4n) is 2.48. The van der Waals surface area contributed by atoms with Gasteiger partial charge in [0, 0.05) is 22.0 Å². The normalized spacial score (nSPS) is 11.5. The highest BCUT2D eigenvalue weighted by Crippen LogP contribution is 2.33. The minimum Gasteiger partial charge on any atom is -0.457 e. The molecule has 3 heterocycles. The third-order valence-electron chi connectivity index (χ3n) is 3.74. The molecule has 0 amide bonds. The molecular weight excluding hydrogens is 419 g/mol. The molecule has 4 rings (SSSR count). The average molecular weight is 429 g/mol. The fourth-order valence-corrected chi connectivity index (χ4v) is 4.41. The summed E-state index contributed by atoms with van der Waals surface area (Å²) in [5.74, 6) is 1.13. The predicted octanol–water partition coefficient (Wildman–Crippen LogP) is 7.50. The second-order valence-electron chi connectivity index (χ2n) is 5.51. The van der Waals surface area contributed by atoms with Gasteiger partial charge in [-0.3, -0.25) is 0 Å². The molecule has 0 aliphatic carbocycles. The van der Waals surface area contributed by atoms with Crippen molar-refractivity contribution in [3.8, 4) is 28.0 Å². The minimum absolute atomic E-state index is 0.445. The SMILES string of the molecule is N#CC(=Cc1ccc(-c2cc(Cl)ccc2Cl)o1)c1nc(-c2cccs2)cs1. The summed E-state index contributed by atoms with van der Waals surface area (Å²) >= 11 is 15.3. The maximum atomic E-state index is 9.56. The van der Waals surface area contributed by atoms with Crippen molar-refractivity contribution in [2.24, 2.45) is 0 Å². The number of thiophene rings is 1.